The van der Waals surface area contributed by atoms with Gasteiger partial charge in [0.15, 0.2) is 5.82 Å². The van der Waals surface area contributed by atoms with Crippen LogP contribution in [-0.4, -0.2) is 9.97 Å². The summed E-state index contributed by atoms with van der Waals surface area (Å²) in [5, 5.41) is 9.86. The highest BCUT2D eigenvalue weighted by molar-refractivity contribution is 6.26. The van der Waals surface area contributed by atoms with Crippen LogP contribution in [0.3, 0.4) is 0 Å². The molecule has 0 fully saturated rings. The Morgan fingerprint density at radius 1 is 0.291 bits per heavy atom. The van der Waals surface area contributed by atoms with Crippen molar-refractivity contribution in [1.29, 1.82) is 0 Å². The summed E-state index contributed by atoms with van der Waals surface area (Å²) in [6.07, 6.45) is 0. The van der Waals surface area contributed by atoms with Gasteiger partial charge in [-0.05, 0) is 84.9 Å². The van der Waals surface area contributed by atoms with Crippen LogP contribution in [0.2, 0.25) is 0 Å². The molecule has 0 aliphatic carbocycles. The lowest BCUT2D eigenvalue weighted by atomic mass is 9.91. The highest BCUT2D eigenvalue weighted by Crippen LogP contribution is 2.41. The maximum atomic E-state index is 6.47. The summed E-state index contributed by atoms with van der Waals surface area (Å²) < 4.78 is 6.47. The van der Waals surface area contributed by atoms with Crippen LogP contribution in [-0.2, 0) is 0 Å². The van der Waals surface area contributed by atoms with E-state index in [4.69, 9.17) is 14.4 Å². The number of aromatic nitrogens is 2. The van der Waals surface area contributed by atoms with Gasteiger partial charge in [0.2, 0.25) is 0 Å². The number of nitrogens with zero attached hydrogens (tertiary/aromatic N) is 2. The molecule has 0 spiro atoms. The van der Waals surface area contributed by atoms with Crippen molar-refractivity contribution in [2.45, 2.75) is 0 Å². The third kappa shape index (κ3) is 5.28. The molecule has 0 saturated heterocycles. The number of rotatable bonds is 5. The summed E-state index contributed by atoms with van der Waals surface area (Å²) in [5.74, 6) is 0.694. The third-order valence-electron chi connectivity index (χ3n) is 10.9. The number of hydrogen-bond donors (Lipinski definition) is 0. The molecule has 2 heterocycles. The van der Waals surface area contributed by atoms with E-state index in [0.29, 0.717) is 5.82 Å². The third-order valence-corrected chi connectivity index (χ3v) is 10.9. The smallest absolute Gasteiger partial charge is 0.160 e. The van der Waals surface area contributed by atoms with Gasteiger partial charge in [0.05, 0.1) is 11.4 Å². The van der Waals surface area contributed by atoms with Crippen molar-refractivity contribution in [1.82, 2.24) is 9.97 Å². The second-order valence-electron chi connectivity index (χ2n) is 14.1. The lowest BCUT2D eigenvalue weighted by molar-refractivity contribution is 0.669. The van der Waals surface area contributed by atoms with E-state index in [1.165, 1.54) is 37.9 Å². The van der Waals surface area contributed by atoms with E-state index < -0.39 is 0 Å². The van der Waals surface area contributed by atoms with Crippen molar-refractivity contribution in [2.24, 2.45) is 0 Å². The summed E-state index contributed by atoms with van der Waals surface area (Å²) in [4.78, 5) is 10.1. The molecular weight excluding hydrogens is 669 g/mol. The van der Waals surface area contributed by atoms with Crippen molar-refractivity contribution >= 4 is 54.3 Å². The molecular formula is C52H32N2O. The lowest BCUT2D eigenvalue weighted by Crippen LogP contribution is -1.95. The molecule has 11 rings (SSSR count). The second kappa shape index (κ2) is 12.6. The first-order valence-corrected chi connectivity index (χ1v) is 18.6. The van der Waals surface area contributed by atoms with Crippen molar-refractivity contribution in [3.8, 4) is 56.2 Å². The molecule has 3 nitrogen and oxygen atoms in total. The molecule has 0 amide bonds. The standard InChI is InChI=1S/C52H32N2O/c1-3-12-34(13-4-1)47-32-48(35-14-5-2-6-15-35)54-52(53-47)36-24-22-33(23-25-36)39-20-11-21-50-51(39)46-31-38(27-29-49(46)55-50)37-26-28-44-42-18-8-7-16-40(42)41-17-9-10-19-43(41)45(44)30-37/h1-32H. The highest BCUT2D eigenvalue weighted by atomic mass is 16.3. The largest absolute Gasteiger partial charge is 0.456 e. The van der Waals surface area contributed by atoms with Gasteiger partial charge in [0.1, 0.15) is 11.2 Å². The Kier molecular flexibility index (Phi) is 7.17. The Hall–Kier alpha value is -7.36. The number of hydrogen-bond acceptors (Lipinski definition) is 3. The molecule has 0 atom stereocenters. The fraction of sp³-hybridized carbons (Fsp3) is 0. The first-order valence-electron chi connectivity index (χ1n) is 18.6. The van der Waals surface area contributed by atoms with Crippen LogP contribution in [0, 0.1) is 0 Å². The zero-order valence-electron chi connectivity index (χ0n) is 29.8. The van der Waals surface area contributed by atoms with Crippen molar-refractivity contribution < 1.29 is 4.42 Å². The van der Waals surface area contributed by atoms with Crippen molar-refractivity contribution in [3.63, 3.8) is 0 Å². The molecule has 3 heteroatoms. The molecule has 55 heavy (non-hydrogen) atoms. The Balaban J connectivity index is 1.02. The van der Waals surface area contributed by atoms with Crippen molar-refractivity contribution in [2.75, 3.05) is 0 Å². The minimum atomic E-state index is 0.694. The Labute approximate surface area is 317 Å². The Bertz CT molecular complexity index is 3140. The Morgan fingerprint density at radius 2 is 0.782 bits per heavy atom. The maximum absolute atomic E-state index is 6.47. The van der Waals surface area contributed by atoms with Crippen LogP contribution in [0.25, 0.3) is 110 Å². The monoisotopic (exact) mass is 700 g/mol. The summed E-state index contributed by atoms with van der Waals surface area (Å²) in [6.45, 7) is 0. The fourth-order valence-corrected chi connectivity index (χ4v) is 8.22. The number of benzene rings is 9. The van der Waals surface area contributed by atoms with E-state index in [0.717, 1.165) is 66.7 Å². The highest BCUT2D eigenvalue weighted by Gasteiger charge is 2.16. The van der Waals surface area contributed by atoms with Crippen LogP contribution < -0.4 is 0 Å². The van der Waals surface area contributed by atoms with Gasteiger partial charge in [-0.2, -0.15) is 0 Å². The zero-order valence-corrected chi connectivity index (χ0v) is 29.8. The molecule has 256 valence electrons. The van der Waals surface area contributed by atoms with Gasteiger partial charge in [-0.25, -0.2) is 9.97 Å². The van der Waals surface area contributed by atoms with E-state index in [1.807, 2.05) is 36.4 Å². The molecule has 11 aromatic rings. The van der Waals surface area contributed by atoms with Crippen LogP contribution >= 0.6 is 0 Å². The summed E-state index contributed by atoms with van der Waals surface area (Å²) in [6, 6.07) is 68.5. The van der Waals surface area contributed by atoms with Gasteiger partial charge >= 0.3 is 0 Å². The summed E-state index contributed by atoms with van der Waals surface area (Å²) in [7, 11) is 0. The van der Waals surface area contributed by atoms with Crippen molar-refractivity contribution in [3.05, 3.63) is 194 Å². The van der Waals surface area contributed by atoms with Crippen LogP contribution in [0.4, 0.5) is 0 Å². The first kappa shape index (κ1) is 31.2. The van der Waals surface area contributed by atoms with Gasteiger partial charge in [-0.1, -0.05) is 164 Å². The fourth-order valence-electron chi connectivity index (χ4n) is 8.22. The molecule has 0 aliphatic heterocycles. The molecule has 0 bridgehead atoms. The van der Waals surface area contributed by atoms with E-state index in [1.54, 1.807) is 0 Å². The molecule has 0 radical (unpaired) electrons. The number of furan rings is 1. The summed E-state index contributed by atoms with van der Waals surface area (Å²) >= 11 is 0. The summed E-state index contributed by atoms with van der Waals surface area (Å²) in [5.41, 5.74) is 11.2. The topological polar surface area (TPSA) is 38.9 Å². The average molecular weight is 701 g/mol. The Morgan fingerprint density at radius 3 is 1.40 bits per heavy atom. The number of fused-ring (bicyclic) bond motifs is 9. The quantitative estimate of drug-likeness (QED) is 0.168. The minimum absolute atomic E-state index is 0.694. The maximum Gasteiger partial charge on any atom is 0.160 e. The lowest BCUT2D eigenvalue weighted by Gasteiger charge is -2.12. The van der Waals surface area contributed by atoms with E-state index >= 15 is 0 Å². The van der Waals surface area contributed by atoms with E-state index in [-0.39, 0.29) is 0 Å². The second-order valence-corrected chi connectivity index (χ2v) is 14.1. The molecule has 9 aromatic carbocycles. The van der Waals surface area contributed by atoms with E-state index in [9.17, 15) is 0 Å². The minimum Gasteiger partial charge on any atom is -0.456 e. The van der Waals surface area contributed by atoms with Gasteiger partial charge in [-0.3, -0.25) is 0 Å². The molecule has 0 unspecified atom stereocenters. The molecule has 0 aliphatic rings. The average Bonchev–Trinajstić information content (AvgIpc) is 3.65. The molecule has 2 aromatic heterocycles. The predicted molar refractivity (Wildman–Crippen MR) is 229 cm³/mol. The van der Waals surface area contributed by atoms with Gasteiger partial charge in [0, 0.05) is 27.5 Å². The van der Waals surface area contributed by atoms with Gasteiger partial charge in [0.25, 0.3) is 0 Å². The predicted octanol–water partition coefficient (Wildman–Crippen LogP) is 14.2. The van der Waals surface area contributed by atoms with Crippen LogP contribution in [0.5, 0.6) is 0 Å². The SMILES string of the molecule is c1ccc(-c2cc(-c3ccccc3)nc(-c3ccc(-c4cccc5oc6ccc(-c7ccc8c9ccccc9c9ccccc9c8c7)cc6c45)cc3)n2)cc1. The van der Waals surface area contributed by atoms with Gasteiger partial charge < -0.3 is 4.42 Å². The normalized spacial score (nSPS) is 11.6. The zero-order chi connectivity index (χ0) is 36.3. The van der Waals surface area contributed by atoms with Crippen LogP contribution in [0.15, 0.2) is 199 Å². The van der Waals surface area contributed by atoms with E-state index in [2.05, 4.69) is 158 Å². The first-order chi connectivity index (χ1) is 27.2. The molecule has 0 saturated carbocycles. The molecule has 0 N–H and O–H groups in total. The van der Waals surface area contributed by atoms with Gasteiger partial charge in [-0.15, -0.1) is 0 Å². The van der Waals surface area contributed by atoms with Crippen LogP contribution in [0.1, 0.15) is 0 Å².